The largest absolute Gasteiger partial charge is 0.198 e. The summed E-state index contributed by atoms with van der Waals surface area (Å²) in [5.74, 6) is 0.661. The van der Waals surface area contributed by atoms with Gasteiger partial charge >= 0.3 is 0 Å². The van der Waals surface area contributed by atoms with Crippen molar-refractivity contribution in [2.75, 3.05) is 0 Å². The van der Waals surface area contributed by atoms with Crippen molar-refractivity contribution in [3.05, 3.63) is 0 Å². The van der Waals surface area contributed by atoms with Crippen molar-refractivity contribution in [3.8, 4) is 6.07 Å². The van der Waals surface area contributed by atoms with E-state index >= 15 is 0 Å². The molecule has 1 nitrogen and oxygen atoms in total. The van der Waals surface area contributed by atoms with Crippen LogP contribution in [0.3, 0.4) is 0 Å². The van der Waals surface area contributed by atoms with Crippen molar-refractivity contribution < 1.29 is 0 Å². The Labute approximate surface area is 88.5 Å². The van der Waals surface area contributed by atoms with Crippen LogP contribution in [0.15, 0.2) is 0 Å². The molecule has 0 aliphatic heterocycles. The summed E-state index contributed by atoms with van der Waals surface area (Å²) in [6.45, 7) is 4.47. The maximum absolute atomic E-state index is 9.36. The Morgan fingerprint density at radius 2 is 1.57 bits per heavy atom. The van der Waals surface area contributed by atoms with Crippen LogP contribution in [0.4, 0.5) is 0 Å². The first kappa shape index (κ1) is 11.6. The molecule has 0 amide bonds. The Morgan fingerprint density at radius 1 is 1.07 bits per heavy atom. The molecule has 80 valence electrons. The van der Waals surface area contributed by atoms with E-state index in [4.69, 9.17) is 0 Å². The van der Waals surface area contributed by atoms with Crippen molar-refractivity contribution >= 4 is 0 Å². The van der Waals surface area contributed by atoms with Gasteiger partial charge in [-0.15, -0.1) is 0 Å². The predicted octanol–water partition coefficient (Wildman–Crippen LogP) is 4.29. The summed E-state index contributed by atoms with van der Waals surface area (Å²) in [6, 6.07) is 2.62. The summed E-state index contributed by atoms with van der Waals surface area (Å²) < 4.78 is 0. The molecule has 1 fully saturated rings. The third-order valence-electron chi connectivity index (χ3n) is 3.35. The standard InChI is InChI=1S/C13H23N/c1-12(2)10-13(11-14)8-6-4-3-5-7-9-13/h12H,3-10H2,1-2H3. The number of hydrogen-bond acceptors (Lipinski definition) is 1. The highest BCUT2D eigenvalue weighted by molar-refractivity contribution is 4.99. The minimum atomic E-state index is 0.0224. The van der Waals surface area contributed by atoms with Gasteiger partial charge in [-0.2, -0.15) is 5.26 Å². The summed E-state index contributed by atoms with van der Waals surface area (Å²) >= 11 is 0. The van der Waals surface area contributed by atoms with Crippen LogP contribution in [0.25, 0.3) is 0 Å². The van der Waals surface area contributed by atoms with Crippen LogP contribution in [0.1, 0.15) is 65.2 Å². The van der Waals surface area contributed by atoms with Gasteiger partial charge in [-0.25, -0.2) is 0 Å². The maximum atomic E-state index is 9.36. The lowest BCUT2D eigenvalue weighted by molar-refractivity contribution is 0.239. The van der Waals surface area contributed by atoms with E-state index in [1.807, 2.05) is 0 Å². The van der Waals surface area contributed by atoms with Crippen LogP contribution < -0.4 is 0 Å². The molecule has 0 radical (unpaired) electrons. The second-order valence-electron chi connectivity index (χ2n) is 5.26. The smallest absolute Gasteiger partial charge is 0.0689 e. The van der Waals surface area contributed by atoms with E-state index in [1.165, 1.54) is 32.1 Å². The van der Waals surface area contributed by atoms with Gasteiger partial charge in [-0.05, 0) is 25.2 Å². The van der Waals surface area contributed by atoms with E-state index in [9.17, 15) is 5.26 Å². The van der Waals surface area contributed by atoms with Gasteiger partial charge in [-0.1, -0.05) is 46.0 Å². The lowest BCUT2D eigenvalue weighted by Gasteiger charge is -2.30. The summed E-state index contributed by atoms with van der Waals surface area (Å²) in [5.41, 5.74) is 0.0224. The molecule has 14 heavy (non-hydrogen) atoms. The molecule has 0 bridgehead atoms. The Hall–Kier alpha value is -0.510. The Bertz CT molecular complexity index is 192. The number of rotatable bonds is 2. The summed E-state index contributed by atoms with van der Waals surface area (Å²) in [6.07, 6.45) is 9.96. The van der Waals surface area contributed by atoms with E-state index in [2.05, 4.69) is 19.9 Å². The fourth-order valence-corrected chi connectivity index (χ4v) is 2.73. The van der Waals surface area contributed by atoms with Gasteiger partial charge in [0.2, 0.25) is 0 Å². The van der Waals surface area contributed by atoms with Crippen molar-refractivity contribution in [2.45, 2.75) is 65.2 Å². The molecule has 1 aliphatic rings. The normalized spacial score (nSPS) is 22.4. The van der Waals surface area contributed by atoms with Crippen molar-refractivity contribution in [1.29, 1.82) is 5.26 Å². The molecular formula is C13H23N. The van der Waals surface area contributed by atoms with Crippen molar-refractivity contribution in [3.63, 3.8) is 0 Å². The van der Waals surface area contributed by atoms with Crippen LogP contribution in [-0.4, -0.2) is 0 Å². The van der Waals surface area contributed by atoms with Crippen LogP contribution in [0.2, 0.25) is 0 Å². The molecule has 1 rings (SSSR count). The van der Waals surface area contributed by atoms with E-state index in [0.717, 1.165) is 19.3 Å². The molecular weight excluding hydrogens is 170 g/mol. The van der Waals surface area contributed by atoms with Gasteiger partial charge in [0.25, 0.3) is 0 Å². The van der Waals surface area contributed by atoms with Gasteiger partial charge < -0.3 is 0 Å². The summed E-state index contributed by atoms with van der Waals surface area (Å²) in [7, 11) is 0. The first-order valence-corrected chi connectivity index (χ1v) is 6.10. The minimum absolute atomic E-state index is 0.0224. The molecule has 1 heteroatoms. The van der Waals surface area contributed by atoms with Gasteiger partial charge in [0, 0.05) is 0 Å². The SMILES string of the molecule is CC(C)CC1(C#N)CCCCCCC1. The molecule has 0 aromatic heterocycles. The topological polar surface area (TPSA) is 23.8 Å². The number of nitriles is 1. The van der Waals surface area contributed by atoms with E-state index in [0.29, 0.717) is 5.92 Å². The third kappa shape index (κ3) is 3.33. The van der Waals surface area contributed by atoms with Crippen molar-refractivity contribution in [2.24, 2.45) is 11.3 Å². The summed E-state index contributed by atoms with van der Waals surface area (Å²) in [5, 5.41) is 9.36. The molecule has 0 unspecified atom stereocenters. The highest BCUT2D eigenvalue weighted by Gasteiger charge is 2.30. The minimum Gasteiger partial charge on any atom is -0.198 e. The average Bonchev–Trinajstić information content (AvgIpc) is 2.09. The molecule has 0 aromatic carbocycles. The molecule has 0 atom stereocenters. The van der Waals surface area contributed by atoms with Crippen molar-refractivity contribution in [1.82, 2.24) is 0 Å². The monoisotopic (exact) mass is 193 g/mol. The fraction of sp³-hybridized carbons (Fsp3) is 0.923. The second kappa shape index (κ2) is 5.39. The zero-order valence-corrected chi connectivity index (χ0v) is 9.68. The molecule has 0 saturated heterocycles. The van der Waals surface area contributed by atoms with Gasteiger partial charge in [0.15, 0.2) is 0 Å². The van der Waals surface area contributed by atoms with Crippen LogP contribution in [0.5, 0.6) is 0 Å². The third-order valence-corrected chi connectivity index (χ3v) is 3.35. The Balaban J connectivity index is 2.59. The molecule has 1 aliphatic carbocycles. The first-order chi connectivity index (χ1) is 6.68. The molecule has 0 heterocycles. The van der Waals surface area contributed by atoms with Crippen LogP contribution in [-0.2, 0) is 0 Å². The lowest BCUT2D eigenvalue weighted by atomic mass is 9.72. The highest BCUT2D eigenvalue weighted by Crippen LogP contribution is 2.38. The van der Waals surface area contributed by atoms with E-state index in [-0.39, 0.29) is 5.41 Å². The molecule has 0 N–H and O–H groups in total. The molecule has 1 saturated carbocycles. The fourth-order valence-electron chi connectivity index (χ4n) is 2.73. The van der Waals surface area contributed by atoms with Gasteiger partial charge in [-0.3, -0.25) is 0 Å². The molecule has 0 aromatic rings. The number of hydrogen-bond donors (Lipinski definition) is 0. The Kier molecular flexibility index (Phi) is 4.45. The second-order valence-corrected chi connectivity index (χ2v) is 5.26. The zero-order chi connectivity index (χ0) is 10.4. The first-order valence-electron chi connectivity index (χ1n) is 6.10. The lowest BCUT2D eigenvalue weighted by Crippen LogP contribution is -2.22. The maximum Gasteiger partial charge on any atom is 0.0689 e. The highest BCUT2D eigenvalue weighted by atomic mass is 14.4. The zero-order valence-electron chi connectivity index (χ0n) is 9.68. The quantitative estimate of drug-likeness (QED) is 0.642. The predicted molar refractivity (Wildman–Crippen MR) is 59.8 cm³/mol. The van der Waals surface area contributed by atoms with Gasteiger partial charge in [0.1, 0.15) is 0 Å². The van der Waals surface area contributed by atoms with E-state index < -0.39 is 0 Å². The summed E-state index contributed by atoms with van der Waals surface area (Å²) in [4.78, 5) is 0. The molecule has 0 spiro atoms. The number of nitrogens with zero attached hydrogens (tertiary/aromatic N) is 1. The van der Waals surface area contributed by atoms with Gasteiger partial charge in [0.05, 0.1) is 11.5 Å². The Morgan fingerprint density at radius 3 is 2.00 bits per heavy atom. The van der Waals surface area contributed by atoms with Crippen LogP contribution in [0, 0.1) is 22.7 Å². The van der Waals surface area contributed by atoms with E-state index in [1.54, 1.807) is 0 Å². The van der Waals surface area contributed by atoms with Crippen LogP contribution >= 0.6 is 0 Å². The average molecular weight is 193 g/mol.